The minimum absolute atomic E-state index is 0.189. The lowest BCUT2D eigenvalue weighted by Crippen LogP contribution is -2.54. The molecule has 2 aliphatic rings. The van der Waals surface area contributed by atoms with Gasteiger partial charge in [0, 0.05) is 57.5 Å². The maximum absolute atomic E-state index is 12.7. The quantitative estimate of drug-likeness (QED) is 0.794. The van der Waals surface area contributed by atoms with Gasteiger partial charge in [0.1, 0.15) is 12.2 Å². The van der Waals surface area contributed by atoms with Crippen LogP contribution in [0.1, 0.15) is 37.2 Å². The third kappa shape index (κ3) is 4.40. The molecule has 8 heteroatoms. The van der Waals surface area contributed by atoms with Crippen LogP contribution in [0, 0.1) is 0 Å². The Bertz CT molecular complexity index is 590. The average Bonchev–Trinajstić information content (AvgIpc) is 3.08. The molecule has 0 spiro atoms. The Balaban J connectivity index is 1.51. The summed E-state index contributed by atoms with van der Waals surface area (Å²) in [7, 11) is 0. The van der Waals surface area contributed by atoms with E-state index in [1.807, 2.05) is 0 Å². The first-order valence-corrected chi connectivity index (χ1v) is 9.53. The summed E-state index contributed by atoms with van der Waals surface area (Å²) in [4.78, 5) is 19.5. The zero-order valence-electron chi connectivity index (χ0n) is 15.7. The van der Waals surface area contributed by atoms with Gasteiger partial charge >= 0.3 is 0 Å². The number of hydrogen-bond acceptors (Lipinski definition) is 4. The summed E-state index contributed by atoms with van der Waals surface area (Å²) in [6, 6.07) is 2.64. The van der Waals surface area contributed by atoms with Crippen LogP contribution in [-0.2, 0) is 6.54 Å². The maximum atomic E-state index is 12.7. The molecule has 0 unspecified atom stereocenters. The minimum Gasteiger partial charge on any atom is -0.337 e. The van der Waals surface area contributed by atoms with Gasteiger partial charge in [-0.25, -0.2) is 8.78 Å². The molecule has 0 bridgehead atoms. The molecule has 3 heterocycles. The van der Waals surface area contributed by atoms with Crippen LogP contribution >= 0.6 is 0 Å². The molecule has 0 radical (unpaired) electrons. The Labute approximate surface area is 153 Å². The summed E-state index contributed by atoms with van der Waals surface area (Å²) in [5, 5.41) is 3.86. The van der Waals surface area contributed by atoms with Gasteiger partial charge in [0.15, 0.2) is 0 Å². The van der Waals surface area contributed by atoms with Crippen molar-refractivity contribution >= 4 is 5.91 Å². The predicted octanol–water partition coefficient (Wildman–Crippen LogP) is 1.78. The summed E-state index contributed by atoms with van der Waals surface area (Å²) in [5.41, 5.74) is 0.259. The summed E-state index contributed by atoms with van der Waals surface area (Å²) in [6.45, 7) is 9.65. The highest BCUT2D eigenvalue weighted by atomic mass is 19.3. The van der Waals surface area contributed by atoms with Crippen LogP contribution in [0.15, 0.2) is 12.3 Å². The normalized spacial score (nSPS) is 21.1. The van der Waals surface area contributed by atoms with Crippen LogP contribution in [0.2, 0.25) is 0 Å². The van der Waals surface area contributed by atoms with E-state index in [0.717, 1.165) is 43.7 Å². The second kappa shape index (κ2) is 8.43. The number of aromatic nitrogens is 2. The van der Waals surface area contributed by atoms with E-state index < -0.39 is 13.0 Å². The van der Waals surface area contributed by atoms with Crippen LogP contribution in [0.25, 0.3) is 0 Å². The van der Waals surface area contributed by atoms with Crippen molar-refractivity contribution in [3.63, 3.8) is 0 Å². The third-order valence-corrected chi connectivity index (χ3v) is 5.59. The van der Waals surface area contributed by atoms with E-state index in [9.17, 15) is 13.6 Å². The van der Waals surface area contributed by atoms with Gasteiger partial charge in [-0.2, -0.15) is 5.10 Å². The van der Waals surface area contributed by atoms with Crippen LogP contribution in [0.3, 0.4) is 0 Å². The smallest absolute Gasteiger partial charge is 0.272 e. The van der Waals surface area contributed by atoms with Gasteiger partial charge in [0.25, 0.3) is 12.3 Å². The molecule has 2 aliphatic heterocycles. The number of carbonyl (C=O) groups is 1. The van der Waals surface area contributed by atoms with Gasteiger partial charge in [0.05, 0.1) is 0 Å². The highest BCUT2D eigenvalue weighted by molar-refractivity contribution is 5.92. The molecule has 26 heavy (non-hydrogen) atoms. The molecule has 0 aromatic carbocycles. The van der Waals surface area contributed by atoms with Crippen LogP contribution < -0.4 is 0 Å². The summed E-state index contributed by atoms with van der Waals surface area (Å²) in [6.07, 6.45) is 0.778. The van der Waals surface area contributed by atoms with Crippen LogP contribution in [0.4, 0.5) is 8.78 Å². The van der Waals surface area contributed by atoms with Gasteiger partial charge in [-0.05, 0) is 32.8 Å². The number of likely N-dealkylation sites (tertiary alicyclic amines) is 1. The van der Waals surface area contributed by atoms with E-state index >= 15 is 0 Å². The molecule has 0 N–H and O–H groups in total. The number of rotatable bonds is 5. The van der Waals surface area contributed by atoms with Crippen molar-refractivity contribution in [2.75, 3.05) is 39.3 Å². The van der Waals surface area contributed by atoms with Crippen molar-refractivity contribution in [3.05, 3.63) is 18.0 Å². The van der Waals surface area contributed by atoms with Crippen LogP contribution in [-0.4, -0.2) is 88.2 Å². The molecule has 146 valence electrons. The largest absolute Gasteiger partial charge is 0.337 e. The predicted molar refractivity (Wildman–Crippen MR) is 95.4 cm³/mol. The first-order valence-electron chi connectivity index (χ1n) is 9.53. The molecule has 2 fully saturated rings. The summed E-state index contributed by atoms with van der Waals surface area (Å²) < 4.78 is 26.4. The minimum atomic E-state index is -2.52. The van der Waals surface area contributed by atoms with Crippen molar-refractivity contribution in [2.45, 2.75) is 51.7 Å². The van der Waals surface area contributed by atoms with Crippen molar-refractivity contribution in [1.82, 2.24) is 24.5 Å². The number of halogens is 2. The van der Waals surface area contributed by atoms with Crippen molar-refractivity contribution < 1.29 is 13.6 Å². The topological polar surface area (TPSA) is 44.6 Å². The van der Waals surface area contributed by atoms with Crippen molar-refractivity contribution in [1.29, 1.82) is 0 Å². The molecule has 3 rings (SSSR count). The molecule has 1 amide bonds. The lowest BCUT2D eigenvalue weighted by Gasteiger charge is -2.43. The molecule has 1 aromatic heterocycles. The number of alkyl halides is 2. The summed E-state index contributed by atoms with van der Waals surface area (Å²) in [5.74, 6) is -0.189. The number of amides is 1. The van der Waals surface area contributed by atoms with Crippen molar-refractivity contribution in [2.24, 2.45) is 0 Å². The standard InChI is InChI=1S/C18H29F2N5O/c1-14(2)22-9-11-23(12-10-22)15-4-7-24(8-5-15)18(26)16-3-6-21-25(16)13-17(19)20/h3,6,14-15,17H,4-5,7-13H2,1-2H3. The van der Waals surface area contributed by atoms with Crippen molar-refractivity contribution in [3.8, 4) is 0 Å². The Hall–Kier alpha value is -1.54. The zero-order chi connectivity index (χ0) is 18.7. The SMILES string of the molecule is CC(C)N1CCN(C2CCN(C(=O)c3ccnn3CC(F)F)CC2)CC1. The van der Waals surface area contributed by atoms with E-state index in [4.69, 9.17) is 0 Å². The zero-order valence-corrected chi connectivity index (χ0v) is 15.7. The van der Waals surface area contributed by atoms with Gasteiger partial charge in [-0.3, -0.25) is 19.3 Å². The number of piperidine rings is 1. The first-order chi connectivity index (χ1) is 12.5. The number of carbonyl (C=O) groups excluding carboxylic acids is 1. The lowest BCUT2D eigenvalue weighted by molar-refractivity contribution is 0.0411. The van der Waals surface area contributed by atoms with Gasteiger partial charge in [-0.1, -0.05) is 0 Å². The molecule has 0 aliphatic carbocycles. The second-order valence-electron chi connectivity index (χ2n) is 7.48. The second-order valence-corrected chi connectivity index (χ2v) is 7.48. The van der Waals surface area contributed by atoms with Crippen LogP contribution in [0.5, 0.6) is 0 Å². The van der Waals surface area contributed by atoms with Gasteiger partial charge < -0.3 is 4.90 Å². The Morgan fingerprint density at radius 3 is 2.38 bits per heavy atom. The number of nitrogens with zero attached hydrogens (tertiary/aromatic N) is 5. The first kappa shape index (κ1) is 19.2. The highest BCUT2D eigenvalue weighted by Crippen LogP contribution is 2.20. The van der Waals surface area contributed by atoms with Gasteiger partial charge in [0.2, 0.25) is 0 Å². The van der Waals surface area contributed by atoms with E-state index in [1.54, 1.807) is 4.90 Å². The molecule has 0 atom stereocenters. The fourth-order valence-electron chi connectivity index (χ4n) is 4.01. The Morgan fingerprint density at radius 1 is 1.15 bits per heavy atom. The molecule has 0 saturated carbocycles. The Kier molecular flexibility index (Phi) is 6.24. The summed E-state index contributed by atoms with van der Waals surface area (Å²) >= 11 is 0. The van der Waals surface area contributed by atoms with E-state index in [2.05, 4.69) is 28.7 Å². The molecule has 2 saturated heterocycles. The lowest BCUT2D eigenvalue weighted by atomic mass is 10.0. The number of piperazine rings is 1. The molecular weight excluding hydrogens is 340 g/mol. The average molecular weight is 369 g/mol. The van der Waals surface area contributed by atoms with E-state index in [0.29, 0.717) is 25.2 Å². The van der Waals surface area contributed by atoms with Gasteiger partial charge in [-0.15, -0.1) is 0 Å². The van der Waals surface area contributed by atoms with E-state index in [-0.39, 0.29) is 11.6 Å². The molecule has 1 aromatic rings. The highest BCUT2D eigenvalue weighted by Gasteiger charge is 2.30. The fourth-order valence-corrected chi connectivity index (χ4v) is 4.01. The van der Waals surface area contributed by atoms with E-state index in [1.165, 1.54) is 12.3 Å². The maximum Gasteiger partial charge on any atom is 0.272 e. The third-order valence-electron chi connectivity index (χ3n) is 5.59. The molecular formula is C18H29F2N5O. The molecule has 6 nitrogen and oxygen atoms in total. The number of hydrogen-bond donors (Lipinski definition) is 0. The monoisotopic (exact) mass is 369 g/mol. The Morgan fingerprint density at radius 2 is 1.81 bits per heavy atom. The fraction of sp³-hybridized carbons (Fsp3) is 0.778.